The largest absolute Gasteiger partial charge is 0.493 e. The van der Waals surface area contributed by atoms with E-state index in [1.807, 2.05) is 0 Å². The van der Waals surface area contributed by atoms with Crippen molar-refractivity contribution in [3.05, 3.63) is 23.8 Å². The van der Waals surface area contributed by atoms with E-state index in [0.717, 1.165) is 0 Å². The molecule has 0 heterocycles. The molecule has 25 heavy (non-hydrogen) atoms. The van der Waals surface area contributed by atoms with E-state index >= 15 is 0 Å². The number of esters is 3. The number of methoxy groups -OCH3 is 1. The molecule has 136 valence electrons. The van der Waals surface area contributed by atoms with Crippen molar-refractivity contribution in [1.29, 1.82) is 0 Å². The number of benzene rings is 1. The average molecular weight is 350 g/mol. The summed E-state index contributed by atoms with van der Waals surface area (Å²) in [7, 11) is 1.38. The Morgan fingerprint density at radius 2 is 1.52 bits per heavy atom. The second-order valence-corrected chi connectivity index (χ2v) is 6.10. The molecular weight excluding hydrogens is 328 g/mol. The van der Waals surface area contributed by atoms with Crippen LogP contribution in [0.25, 0.3) is 6.08 Å². The maximum Gasteiger partial charge on any atom is 0.331 e. The summed E-state index contributed by atoms with van der Waals surface area (Å²) < 4.78 is 20.5. The van der Waals surface area contributed by atoms with E-state index in [-0.39, 0.29) is 17.2 Å². The minimum atomic E-state index is -0.610. The molecule has 0 spiro atoms. The van der Waals surface area contributed by atoms with Gasteiger partial charge in [0, 0.05) is 19.9 Å². The van der Waals surface area contributed by atoms with Crippen LogP contribution in [0.5, 0.6) is 17.2 Å². The number of rotatable bonds is 5. The number of ether oxygens (including phenoxy) is 4. The first-order chi connectivity index (χ1) is 11.5. The second kappa shape index (κ2) is 8.32. The van der Waals surface area contributed by atoms with Gasteiger partial charge in [0.05, 0.1) is 7.11 Å². The van der Waals surface area contributed by atoms with Crippen molar-refractivity contribution in [3.8, 4) is 17.2 Å². The van der Waals surface area contributed by atoms with E-state index in [9.17, 15) is 14.4 Å². The van der Waals surface area contributed by atoms with Gasteiger partial charge in [-0.3, -0.25) is 9.59 Å². The van der Waals surface area contributed by atoms with Crippen LogP contribution in [0.3, 0.4) is 0 Å². The van der Waals surface area contributed by atoms with Crippen LogP contribution in [-0.2, 0) is 19.1 Å². The Balaban J connectivity index is 3.22. The molecule has 7 heteroatoms. The number of hydrogen-bond acceptors (Lipinski definition) is 7. The molecule has 1 aromatic rings. The smallest absolute Gasteiger partial charge is 0.331 e. The molecule has 0 radical (unpaired) electrons. The molecule has 0 aliphatic rings. The van der Waals surface area contributed by atoms with Gasteiger partial charge in [-0.2, -0.15) is 0 Å². The zero-order valence-corrected chi connectivity index (χ0v) is 15.2. The first kappa shape index (κ1) is 20.2. The zero-order valence-electron chi connectivity index (χ0n) is 15.2. The summed E-state index contributed by atoms with van der Waals surface area (Å²) in [6.07, 6.45) is 2.71. The summed E-state index contributed by atoms with van der Waals surface area (Å²) >= 11 is 0. The third-order valence-electron chi connectivity index (χ3n) is 2.58. The van der Waals surface area contributed by atoms with E-state index in [1.54, 1.807) is 20.8 Å². The summed E-state index contributed by atoms with van der Waals surface area (Å²) in [5.41, 5.74) is -0.115. The Morgan fingerprint density at radius 1 is 0.960 bits per heavy atom. The third kappa shape index (κ3) is 7.07. The van der Waals surface area contributed by atoms with Gasteiger partial charge in [0.1, 0.15) is 5.60 Å². The topological polar surface area (TPSA) is 88.1 Å². The van der Waals surface area contributed by atoms with Crippen LogP contribution in [0, 0.1) is 0 Å². The Bertz CT molecular complexity index is 696. The van der Waals surface area contributed by atoms with Gasteiger partial charge in [-0.15, -0.1) is 0 Å². The van der Waals surface area contributed by atoms with Crippen LogP contribution >= 0.6 is 0 Å². The van der Waals surface area contributed by atoms with Crippen molar-refractivity contribution in [2.45, 2.75) is 40.2 Å². The van der Waals surface area contributed by atoms with Crippen LogP contribution < -0.4 is 14.2 Å². The normalized spacial score (nSPS) is 11.1. The highest BCUT2D eigenvalue weighted by Gasteiger charge is 2.18. The molecule has 0 aromatic heterocycles. The predicted octanol–water partition coefficient (Wildman–Crippen LogP) is 2.90. The molecule has 1 aromatic carbocycles. The SMILES string of the molecule is COc1cc(/C=C/C(=O)OC(C)(C)C)cc(OC(C)=O)c1OC(C)=O. The molecule has 0 unspecified atom stereocenters. The monoisotopic (exact) mass is 350 g/mol. The van der Waals surface area contributed by atoms with Crippen molar-refractivity contribution in [1.82, 2.24) is 0 Å². The summed E-state index contributed by atoms with van der Waals surface area (Å²) in [6.45, 7) is 7.71. The van der Waals surface area contributed by atoms with Crippen molar-refractivity contribution in [3.63, 3.8) is 0 Å². The fourth-order valence-corrected chi connectivity index (χ4v) is 1.82. The predicted molar refractivity (Wildman–Crippen MR) is 90.5 cm³/mol. The van der Waals surface area contributed by atoms with Crippen molar-refractivity contribution < 1.29 is 33.3 Å². The highest BCUT2D eigenvalue weighted by atomic mass is 16.6. The number of hydrogen-bond donors (Lipinski definition) is 0. The molecular formula is C18H22O7. The summed E-state index contributed by atoms with van der Waals surface area (Å²) in [5.74, 6) is -1.54. The van der Waals surface area contributed by atoms with Crippen LogP contribution in [-0.4, -0.2) is 30.6 Å². The second-order valence-electron chi connectivity index (χ2n) is 6.10. The molecule has 0 amide bonds. The molecule has 0 bridgehead atoms. The lowest BCUT2D eigenvalue weighted by atomic mass is 10.1. The van der Waals surface area contributed by atoms with E-state index in [1.165, 1.54) is 45.2 Å². The van der Waals surface area contributed by atoms with Gasteiger partial charge in [-0.05, 0) is 44.5 Å². The fourth-order valence-electron chi connectivity index (χ4n) is 1.82. The molecule has 1 rings (SSSR count). The molecule has 0 aliphatic heterocycles. The average Bonchev–Trinajstić information content (AvgIpc) is 2.44. The lowest BCUT2D eigenvalue weighted by molar-refractivity contribution is -0.148. The quantitative estimate of drug-likeness (QED) is 0.458. The Kier molecular flexibility index (Phi) is 6.73. The molecule has 0 saturated heterocycles. The lowest BCUT2D eigenvalue weighted by Gasteiger charge is -2.18. The number of carbonyl (C=O) groups excluding carboxylic acids is 3. The van der Waals surface area contributed by atoms with Gasteiger partial charge >= 0.3 is 17.9 Å². The first-order valence-corrected chi connectivity index (χ1v) is 7.51. The van der Waals surface area contributed by atoms with E-state index in [0.29, 0.717) is 5.56 Å². The molecule has 0 saturated carbocycles. The van der Waals surface area contributed by atoms with Crippen LogP contribution in [0.15, 0.2) is 18.2 Å². The summed E-state index contributed by atoms with van der Waals surface area (Å²) in [4.78, 5) is 34.3. The van der Waals surface area contributed by atoms with Gasteiger partial charge in [-0.1, -0.05) is 0 Å². The third-order valence-corrected chi connectivity index (χ3v) is 2.58. The van der Waals surface area contributed by atoms with Crippen LogP contribution in [0.2, 0.25) is 0 Å². The lowest BCUT2D eigenvalue weighted by Crippen LogP contribution is -2.22. The minimum absolute atomic E-state index is 0.00545. The van der Waals surface area contributed by atoms with E-state index in [4.69, 9.17) is 18.9 Å². The maximum absolute atomic E-state index is 11.8. The summed E-state index contributed by atoms with van der Waals surface area (Å²) in [5, 5.41) is 0. The van der Waals surface area contributed by atoms with Gasteiger partial charge in [0.2, 0.25) is 5.75 Å². The van der Waals surface area contributed by atoms with Crippen molar-refractivity contribution >= 4 is 24.0 Å². The van der Waals surface area contributed by atoms with Crippen molar-refractivity contribution in [2.75, 3.05) is 7.11 Å². The first-order valence-electron chi connectivity index (χ1n) is 7.51. The van der Waals surface area contributed by atoms with E-state index in [2.05, 4.69) is 0 Å². The fraction of sp³-hybridized carbons (Fsp3) is 0.389. The minimum Gasteiger partial charge on any atom is -0.493 e. The highest BCUT2D eigenvalue weighted by molar-refractivity contribution is 5.88. The van der Waals surface area contributed by atoms with Gasteiger partial charge in [-0.25, -0.2) is 4.79 Å². The Hall–Kier alpha value is -2.83. The molecule has 0 N–H and O–H groups in total. The van der Waals surface area contributed by atoms with Crippen LogP contribution in [0.4, 0.5) is 0 Å². The van der Waals surface area contributed by atoms with Crippen LogP contribution in [0.1, 0.15) is 40.2 Å². The van der Waals surface area contributed by atoms with Gasteiger partial charge in [0.15, 0.2) is 11.5 Å². The Labute approximate surface area is 146 Å². The highest BCUT2D eigenvalue weighted by Crippen LogP contribution is 2.39. The Morgan fingerprint density at radius 3 is 2.00 bits per heavy atom. The molecule has 0 atom stereocenters. The maximum atomic E-state index is 11.8. The molecule has 7 nitrogen and oxygen atoms in total. The number of carbonyl (C=O) groups is 3. The standard InChI is InChI=1S/C18H22O7/c1-11(19)23-15-10-13(7-8-16(21)25-18(3,4)5)9-14(22-6)17(15)24-12(2)20/h7-10H,1-6H3/b8-7+. The summed E-state index contributed by atoms with van der Waals surface area (Å²) in [6, 6.07) is 2.98. The van der Waals surface area contributed by atoms with Gasteiger partial charge < -0.3 is 18.9 Å². The zero-order chi connectivity index (χ0) is 19.2. The molecule has 0 aliphatic carbocycles. The van der Waals surface area contributed by atoms with Gasteiger partial charge in [0.25, 0.3) is 0 Å². The van der Waals surface area contributed by atoms with E-state index < -0.39 is 23.5 Å². The van der Waals surface area contributed by atoms with Crippen molar-refractivity contribution in [2.24, 2.45) is 0 Å². The molecule has 0 fully saturated rings.